The lowest BCUT2D eigenvalue weighted by Gasteiger charge is -2.28. The summed E-state index contributed by atoms with van der Waals surface area (Å²) in [5.41, 5.74) is 1.01. The lowest BCUT2D eigenvalue weighted by molar-refractivity contribution is 0.0562. The number of nitrogens with zero attached hydrogens (tertiary/aromatic N) is 1. The summed E-state index contributed by atoms with van der Waals surface area (Å²) < 4.78 is 5.87. The molecule has 0 aromatic heterocycles. The van der Waals surface area contributed by atoms with Crippen molar-refractivity contribution in [2.45, 2.75) is 32.7 Å². The molecule has 136 valence electrons. The van der Waals surface area contributed by atoms with Gasteiger partial charge in [-0.2, -0.15) is 0 Å². The smallest absolute Gasteiger partial charge is 0.170 e. The van der Waals surface area contributed by atoms with Gasteiger partial charge < -0.3 is 15.4 Å². The van der Waals surface area contributed by atoms with Crippen molar-refractivity contribution in [2.24, 2.45) is 5.92 Å². The van der Waals surface area contributed by atoms with Gasteiger partial charge in [0.2, 0.25) is 0 Å². The van der Waals surface area contributed by atoms with Crippen LogP contribution < -0.4 is 10.6 Å². The second kappa shape index (κ2) is 11.6. The standard InChI is InChI=1S/C18H29N3OS.ClH/c1-15(2)13-22-14-17(21-10-6-7-11-21)12-19-18(23)20-16-8-4-3-5-9-16;/h3-5,8-9,15,17H,6-7,10-14H2,1-2H3,(H2,19,20,23);1H. The molecule has 1 aromatic rings. The number of benzene rings is 1. The highest BCUT2D eigenvalue weighted by Gasteiger charge is 2.22. The number of hydrogen-bond donors (Lipinski definition) is 2. The number of thiocarbonyl (C=S) groups is 1. The van der Waals surface area contributed by atoms with Gasteiger partial charge in [0.15, 0.2) is 5.11 Å². The van der Waals surface area contributed by atoms with E-state index in [2.05, 4.69) is 29.4 Å². The highest BCUT2D eigenvalue weighted by molar-refractivity contribution is 7.80. The van der Waals surface area contributed by atoms with Gasteiger partial charge in [-0.25, -0.2) is 0 Å². The zero-order valence-electron chi connectivity index (χ0n) is 14.7. The Morgan fingerprint density at radius 3 is 2.46 bits per heavy atom. The van der Waals surface area contributed by atoms with E-state index in [9.17, 15) is 0 Å². The summed E-state index contributed by atoms with van der Waals surface area (Å²) in [7, 11) is 0. The van der Waals surface area contributed by atoms with Crippen LogP contribution in [0.5, 0.6) is 0 Å². The molecule has 0 aliphatic carbocycles. The molecule has 0 saturated carbocycles. The molecule has 24 heavy (non-hydrogen) atoms. The molecule has 1 aliphatic heterocycles. The van der Waals surface area contributed by atoms with E-state index < -0.39 is 0 Å². The molecule has 0 bridgehead atoms. The Morgan fingerprint density at radius 1 is 1.17 bits per heavy atom. The van der Waals surface area contributed by atoms with Crippen molar-refractivity contribution in [3.8, 4) is 0 Å². The van der Waals surface area contributed by atoms with Gasteiger partial charge in [0, 0.05) is 18.8 Å². The molecule has 1 aliphatic rings. The van der Waals surface area contributed by atoms with E-state index in [1.807, 2.05) is 30.3 Å². The highest BCUT2D eigenvalue weighted by Crippen LogP contribution is 2.12. The second-order valence-corrected chi connectivity index (χ2v) is 6.94. The number of rotatable bonds is 8. The first kappa shape index (κ1) is 21.2. The number of ether oxygens (including phenoxy) is 1. The van der Waals surface area contributed by atoms with Crippen LogP contribution in [0.2, 0.25) is 0 Å². The summed E-state index contributed by atoms with van der Waals surface area (Å²) in [5.74, 6) is 0.572. The molecule has 0 amide bonds. The number of likely N-dealkylation sites (tertiary alicyclic amines) is 1. The minimum atomic E-state index is 0. The molecule has 6 heteroatoms. The Morgan fingerprint density at radius 2 is 1.83 bits per heavy atom. The number of nitrogens with one attached hydrogen (secondary N) is 2. The molecule has 4 nitrogen and oxygen atoms in total. The van der Waals surface area contributed by atoms with E-state index in [4.69, 9.17) is 17.0 Å². The van der Waals surface area contributed by atoms with Crippen LogP contribution in [0.25, 0.3) is 0 Å². The summed E-state index contributed by atoms with van der Waals surface area (Å²) in [6, 6.07) is 10.4. The van der Waals surface area contributed by atoms with Crippen molar-refractivity contribution in [1.29, 1.82) is 0 Å². The molecule has 1 heterocycles. The van der Waals surface area contributed by atoms with Crippen molar-refractivity contribution < 1.29 is 4.74 Å². The Balaban J connectivity index is 0.00000288. The molecule has 1 atom stereocenters. The minimum Gasteiger partial charge on any atom is -0.379 e. The van der Waals surface area contributed by atoms with Gasteiger partial charge in [-0.3, -0.25) is 4.90 Å². The van der Waals surface area contributed by atoms with Crippen LogP contribution in [0.15, 0.2) is 30.3 Å². The second-order valence-electron chi connectivity index (χ2n) is 6.53. The number of hydrogen-bond acceptors (Lipinski definition) is 3. The fraction of sp³-hybridized carbons (Fsp3) is 0.611. The van der Waals surface area contributed by atoms with Crippen molar-refractivity contribution in [3.63, 3.8) is 0 Å². The quantitative estimate of drug-likeness (QED) is 0.683. The zero-order chi connectivity index (χ0) is 16.5. The van der Waals surface area contributed by atoms with Gasteiger partial charge in [-0.1, -0.05) is 32.0 Å². The largest absolute Gasteiger partial charge is 0.379 e. The van der Waals surface area contributed by atoms with Crippen LogP contribution in [0.3, 0.4) is 0 Å². The SMILES string of the molecule is CC(C)COCC(CNC(=S)Nc1ccccc1)N1CCCC1.Cl. The van der Waals surface area contributed by atoms with Crippen molar-refractivity contribution in [1.82, 2.24) is 10.2 Å². The number of para-hydroxylation sites is 1. The Kier molecular flexibility index (Phi) is 10.3. The molecule has 1 unspecified atom stereocenters. The summed E-state index contributed by atoms with van der Waals surface area (Å²) in [4.78, 5) is 2.51. The van der Waals surface area contributed by atoms with Gasteiger partial charge in [0.1, 0.15) is 0 Å². The Hall–Kier alpha value is -0.880. The van der Waals surface area contributed by atoms with Crippen molar-refractivity contribution in [2.75, 3.05) is 38.2 Å². The number of anilines is 1. The predicted molar refractivity (Wildman–Crippen MR) is 108 cm³/mol. The van der Waals surface area contributed by atoms with Crippen LogP contribution in [0.4, 0.5) is 5.69 Å². The van der Waals surface area contributed by atoms with E-state index in [1.54, 1.807) is 0 Å². The van der Waals surface area contributed by atoms with Crippen LogP contribution in [0.1, 0.15) is 26.7 Å². The van der Waals surface area contributed by atoms with Crippen LogP contribution in [0, 0.1) is 5.92 Å². The Labute approximate surface area is 157 Å². The fourth-order valence-electron chi connectivity index (χ4n) is 2.75. The predicted octanol–water partition coefficient (Wildman–Crippen LogP) is 3.53. The minimum absolute atomic E-state index is 0. The highest BCUT2D eigenvalue weighted by atomic mass is 35.5. The molecule has 1 fully saturated rings. The van der Waals surface area contributed by atoms with E-state index in [1.165, 1.54) is 12.8 Å². The lowest BCUT2D eigenvalue weighted by Crippen LogP contribution is -2.46. The van der Waals surface area contributed by atoms with E-state index in [-0.39, 0.29) is 12.4 Å². The molecule has 1 saturated heterocycles. The van der Waals surface area contributed by atoms with E-state index in [0.29, 0.717) is 17.1 Å². The van der Waals surface area contributed by atoms with Gasteiger partial charge >= 0.3 is 0 Å². The van der Waals surface area contributed by atoms with Gasteiger partial charge in [0.05, 0.1) is 12.6 Å². The normalized spacial score (nSPS) is 15.8. The third kappa shape index (κ3) is 7.79. The summed E-state index contributed by atoms with van der Waals surface area (Å²) in [6.07, 6.45) is 2.57. The average Bonchev–Trinajstić information content (AvgIpc) is 3.05. The molecule has 2 rings (SSSR count). The van der Waals surface area contributed by atoms with Gasteiger partial charge in [-0.15, -0.1) is 12.4 Å². The first-order valence-corrected chi connectivity index (χ1v) is 8.97. The average molecular weight is 372 g/mol. The molecule has 0 radical (unpaired) electrons. The topological polar surface area (TPSA) is 36.5 Å². The summed E-state index contributed by atoms with van der Waals surface area (Å²) in [6.45, 7) is 9.09. The van der Waals surface area contributed by atoms with Crippen molar-refractivity contribution >= 4 is 35.4 Å². The first-order chi connectivity index (χ1) is 11.1. The van der Waals surface area contributed by atoms with E-state index in [0.717, 1.165) is 38.5 Å². The Bertz CT molecular complexity index is 467. The molecular formula is C18H30ClN3OS. The maximum atomic E-state index is 5.87. The molecule has 0 spiro atoms. The maximum absolute atomic E-state index is 5.87. The third-order valence-electron chi connectivity index (χ3n) is 3.95. The van der Waals surface area contributed by atoms with Gasteiger partial charge in [0.25, 0.3) is 0 Å². The van der Waals surface area contributed by atoms with Crippen LogP contribution in [-0.2, 0) is 4.74 Å². The number of halogens is 1. The summed E-state index contributed by atoms with van der Waals surface area (Å²) in [5, 5.41) is 7.24. The third-order valence-corrected chi connectivity index (χ3v) is 4.19. The van der Waals surface area contributed by atoms with Crippen LogP contribution in [-0.4, -0.2) is 48.9 Å². The first-order valence-electron chi connectivity index (χ1n) is 8.57. The van der Waals surface area contributed by atoms with Crippen LogP contribution >= 0.6 is 24.6 Å². The monoisotopic (exact) mass is 371 g/mol. The molecule has 1 aromatic carbocycles. The maximum Gasteiger partial charge on any atom is 0.170 e. The summed E-state index contributed by atoms with van der Waals surface area (Å²) >= 11 is 5.40. The van der Waals surface area contributed by atoms with Crippen molar-refractivity contribution in [3.05, 3.63) is 30.3 Å². The molecule has 2 N–H and O–H groups in total. The van der Waals surface area contributed by atoms with Gasteiger partial charge in [-0.05, 0) is 56.2 Å². The van der Waals surface area contributed by atoms with E-state index >= 15 is 0 Å². The molecular weight excluding hydrogens is 342 g/mol. The lowest BCUT2D eigenvalue weighted by atomic mass is 10.2. The zero-order valence-corrected chi connectivity index (χ0v) is 16.3. The fourth-order valence-corrected chi connectivity index (χ4v) is 2.95.